The number of benzene rings is 1. The van der Waals surface area contributed by atoms with E-state index in [2.05, 4.69) is 0 Å². The van der Waals surface area contributed by atoms with Crippen LogP contribution in [0.5, 0.6) is 0 Å². The number of rotatable bonds is 4. The SMILES string of the molecule is CC(=O)CS(=O)(=O)Cc1ccccc1Cl. The predicted molar refractivity (Wildman–Crippen MR) is 59.6 cm³/mol. The minimum absolute atomic E-state index is 0.188. The van der Waals surface area contributed by atoms with Crippen molar-refractivity contribution >= 4 is 27.2 Å². The Morgan fingerprint density at radius 3 is 2.47 bits per heavy atom. The lowest BCUT2D eigenvalue weighted by Crippen LogP contribution is -2.15. The molecule has 0 unspecified atom stereocenters. The largest absolute Gasteiger partial charge is 0.299 e. The van der Waals surface area contributed by atoms with Crippen LogP contribution in [0.25, 0.3) is 0 Å². The molecule has 3 nitrogen and oxygen atoms in total. The van der Waals surface area contributed by atoms with Gasteiger partial charge < -0.3 is 0 Å². The first-order valence-corrected chi connectivity index (χ1v) is 6.54. The summed E-state index contributed by atoms with van der Waals surface area (Å²) in [6, 6.07) is 6.70. The molecule has 1 aromatic carbocycles. The molecule has 0 aliphatic heterocycles. The molecule has 0 aliphatic carbocycles. The molecule has 0 amide bonds. The molecule has 5 heteroatoms. The van der Waals surface area contributed by atoms with E-state index >= 15 is 0 Å². The van der Waals surface area contributed by atoms with Crippen molar-refractivity contribution in [3.8, 4) is 0 Å². The Bertz CT molecular complexity index is 465. The molecule has 82 valence electrons. The van der Waals surface area contributed by atoms with Gasteiger partial charge in [0.2, 0.25) is 0 Å². The first kappa shape index (κ1) is 12.2. The minimum atomic E-state index is -3.39. The van der Waals surface area contributed by atoms with Crippen molar-refractivity contribution in [2.24, 2.45) is 0 Å². The Hall–Kier alpha value is -0.870. The van der Waals surface area contributed by atoms with Gasteiger partial charge in [-0.2, -0.15) is 0 Å². The highest BCUT2D eigenvalue weighted by Gasteiger charge is 2.15. The van der Waals surface area contributed by atoms with Crippen LogP contribution in [0.4, 0.5) is 0 Å². The van der Waals surface area contributed by atoms with Crippen LogP contribution >= 0.6 is 11.6 Å². The molecular formula is C10H11ClO3S. The van der Waals surface area contributed by atoms with Crippen LogP contribution in [0.1, 0.15) is 12.5 Å². The minimum Gasteiger partial charge on any atom is -0.299 e. The van der Waals surface area contributed by atoms with Crippen LogP contribution < -0.4 is 0 Å². The van der Waals surface area contributed by atoms with E-state index in [1.807, 2.05) is 0 Å². The summed E-state index contributed by atoms with van der Waals surface area (Å²) in [6.45, 7) is 1.25. The van der Waals surface area contributed by atoms with Gasteiger partial charge in [-0.25, -0.2) is 8.42 Å². The molecule has 0 aromatic heterocycles. The van der Waals surface area contributed by atoms with E-state index in [-0.39, 0.29) is 11.5 Å². The summed E-state index contributed by atoms with van der Waals surface area (Å²) in [6.07, 6.45) is 0. The number of hydrogen-bond donors (Lipinski definition) is 0. The first-order valence-electron chi connectivity index (χ1n) is 4.34. The van der Waals surface area contributed by atoms with E-state index in [4.69, 9.17) is 11.6 Å². The Kier molecular flexibility index (Phi) is 3.88. The average Bonchev–Trinajstić information content (AvgIpc) is 2.06. The number of carbonyl (C=O) groups is 1. The van der Waals surface area contributed by atoms with Crippen molar-refractivity contribution in [1.29, 1.82) is 0 Å². The Labute approximate surface area is 94.0 Å². The average molecular weight is 247 g/mol. The Morgan fingerprint density at radius 2 is 1.93 bits per heavy atom. The zero-order valence-electron chi connectivity index (χ0n) is 8.23. The van der Waals surface area contributed by atoms with E-state index in [9.17, 15) is 13.2 Å². The van der Waals surface area contributed by atoms with E-state index < -0.39 is 15.6 Å². The maximum Gasteiger partial charge on any atom is 0.161 e. The molecule has 0 atom stereocenters. The van der Waals surface area contributed by atoms with E-state index in [1.54, 1.807) is 24.3 Å². The number of carbonyl (C=O) groups excluding carboxylic acids is 1. The second kappa shape index (κ2) is 4.77. The summed E-state index contributed by atoms with van der Waals surface area (Å²) in [5.41, 5.74) is 0.528. The number of ketones is 1. The highest BCUT2D eigenvalue weighted by Crippen LogP contribution is 2.17. The number of hydrogen-bond acceptors (Lipinski definition) is 3. The van der Waals surface area contributed by atoms with Crippen LogP contribution in [0.2, 0.25) is 5.02 Å². The lowest BCUT2D eigenvalue weighted by Gasteiger charge is -2.04. The Balaban J connectivity index is 2.87. The summed E-state index contributed by atoms with van der Waals surface area (Å²) in [5.74, 6) is -0.980. The fourth-order valence-corrected chi connectivity index (χ4v) is 2.94. The number of Topliss-reactive ketones (excluding diaryl/α,β-unsaturated/α-hetero) is 1. The molecule has 1 aromatic rings. The van der Waals surface area contributed by atoms with Gasteiger partial charge in [0.15, 0.2) is 9.84 Å². The van der Waals surface area contributed by atoms with Gasteiger partial charge in [-0.05, 0) is 18.6 Å². The molecule has 0 bridgehead atoms. The summed E-state index contributed by atoms with van der Waals surface area (Å²) >= 11 is 5.82. The number of halogens is 1. The van der Waals surface area contributed by atoms with Gasteiger partial charge in [0.05, 0.1) is 5.75 Å². The highest BCUT2D eigenvalue weighted by molar-refractivity contribution is 7.91. The van der Waals surface area contributed by atoms with Gasteiger partial charge in [-0.1, -0.05) is 29.8 Å². The standard InChI is InChI=1S/C10H11ClO3S/c1-8(12)6-15(13,14)7-9-4-2-3-5-10(9)11/h2-5H,6-7H2,1H3. The van der Waals surface area contributed by atoms with Crippen molar-refractivity contribution in [3.63, 3.8) is 0 Å². The fourth-order valence-electron chi connectivity index (χ4n) is 1.21. The number of sulfone groups is 1. The lowest BCUT2D eigenvalue weighted by atomic mass is 10.2. The maximum atomic E-state index is 11.5. The van der Waals surface area contributed by atoms with E-state index in [0.717, 1.165) is 0 Å². The van der Waals surface area contributed by atoms with Crippen molar-refractivity contribution in [1.82, 2.24) is 0 Å². The van der Waals surface area contributed by atoms with E-state index in [0.29, 0.717) is 10.6 Å². The molecule has 0 radical (unpaired) electrons. The predicted octanol–water partition coefficient (Wildman–Crippen LogP) is 1.84. The zero-order chi connectivity index (χ0) is 11.5. The highest BCUT2D eigenvalue weighted by atomic mass is 35.5. The molecule has 1 rings (SSSR count). The van der Waals surface area contributed by atoms with Gasteiger partial charge in [0, 0.05) is 5.02 Å². The van der Waals surface area contributed by atoms with Crippen LogP contribution in [0.15, 0.2) is 24.3 Å². The van der Waals surface area contributed by atoms with Crippen molar-refractivity contribution in [3.05, 3.63) is 34.9 Å². The van der Waals surface area contributed by atoms with Gasteiger partial charge >= 0.3 is 0 Å². The lowest BCUT2D eigenvalue weighted by molar-refractivity contribution is -0.114. The van der Waals surface area contributed by atoms with Crippen molar-refractivity contribution < 1.29 is 13.2 Å². The second-order valence-electron chi connectivity index (χ2n) is 3.33. The van der Waals surface area contributed by atoms with Gasteiger partial charge in [0.1, 0.15) is 11.5 Å². The molecule has 15 heavy (non-hydrogen) atoms. The van der Waals surface area contributed by atoms with E-state index in [1.165, 1.54) is 6.92 Å². The smallest absolute Gasteiger partial charge is 0.161 e. The third-order valence-corrected chi connectivity index (χ3v) is 3.72. The quantitative estimate of drug-likeness (QED) is 0.815. The van der Waals surface area contributed by atoms with Crippen molar-refractivity contribution in [2.75, 3.05) is 5.75 Å². The molecule has 0 aliphatic rings. The van der Waals surface area contributed by atoms with Gasteiger partial charge in [-0.3, -0.25) is 4.79 Å². The van der Waals surface area contributed by atoms with Crippen LogP contribution in [0.3, 0.4) is 0 Å². The second-order valence-corrected chi connectivity index (χ2v) is 5.80. The Morgan fingerprint density at radius 1 is 1.33 bits per heavy atom. The summed E-state index contributed by atoms with van der Waals surface area (Å²) in [4.78, 5) is 10.7. The molecule has 0 heterocycles. The van der Waals surface area contributed by atoms with Crippen molar-refractivity contribution in [2.45, 2.75) is 12.7 Å². The summed E-state index contributed by atoms with van der Waals surface area (Å²) < 4.78 is 23.0. The molecule has 0 saturated carbocycles. The van der Waals surface area contributed by atoms with Crippen LogP contribution in [-0.4, -0.2) is 20.0 Å². The molecule has 0 fully saturated rings. The van der Waals surface area contributed by atoms with Gasteiger partial charge in [-0.15, -0.1) is 0 Å². The third kappa shape index (κ3) is 4.01. The summed E-state index contributed by atoms with van der Waals surface area (Å²) in [5, 5.41) is 0.407. The molecule has 0 N–H and O–H groups in total. The normalized spacial score (nSPS) is 11.3. The summed E-state index contributed by atoms with van der Waals surface area (Å²) in [7, 11) is -3.39. The van der Waals surface area contributed by atoms with Crippen LogP contribution in [0, 0.1) is 0 Å². The molecular weight excluding hydrogens is 236 g/mol. The first-order chi connectivity index (χ1) is 6.91. The van der Waals surface area contributed by atoms with Gasteiger partial charge in [0.25, 0.3) is 0 Å². The maximum absolute atomic E-state index is 11.5. The topological polar surface area (TPSA) is 51.2 Å². The zero-order valence-corrected chi connectivity index (χ0v) is 9.81. The fraction of sp³-hybridized carbons (Fsp3) is 0.300. The molecule has 0 saturated heterocycles. The monoisotopic (exact) mass is 246 g/mol. The van der Waals surface area contributed by atoms with Crippen LogP contribution in [-0.2, 0) is 20.4 Å². The third-order valence-electron chi connectivity index (χ3n) is 1.76. The molecule has 0 spiro atoms.